The van der Waals surface area contributed by atoms with Gasteiger partial charge in [-0.1, -0.05) is 11.6 Å². The number of anilines is 1. The lowest BCUT2D eigenvalue weighted by Crippen LogP contribution is -2.35. The van der Waals surface area contributed by atoms with Gasteiger partial charge < -0.3 is 10.0 Å². The molecule has 3 amide bonds. The van der Waals surface area contributed by atoms with Gasteiger partial charge in [0, 0.05) is 5.02 Å². The predicted octanol–water partition coefficient (Wildman–Crippen LogP) is 1.19. The fourth-order valence-corrected chi connectivity index (χ4v) is 1.81. The zero-order chi connectivity index (χ0) is 13.3. The van der Waals surface area contributed by atoms with Crippen molar-refractivity contribution in [3.8, 4) is 0 Å². The van der Waals surface area contributed by atoms with Crippen LogP contribution in [0.4, 0.5) is 10.5 Å². The number of carboxylic acids is 1. The molecule has 18 heavy (non-hydrogen) atoms. The number of hydrogen-bond acceptors (Lipinski definition) is 3. The molecular weight excluding hydrogens is 260 g/mol. The monoisotopic (exact) mass is 268 g/mol. The molecule has 2 rings (SSSR count). The van der Waals surface area contributed by atoms with Gasteiger partial charge in [-0.25, -0.2) is 9.69 Å². The van der Waals surface area contributed by atoms with E-state index in [0.29, 0.717) is 10.7 Å². The molecule has 1 aliphatic heterocycles. The molecule has 0 radical (unpaired) electrons. The molecule has 0 spiro atoms. The third-order valence-corrected chi connectivity index (χ3v) is 2.70. The van der Waals surface area contributed by atoms with Crippen LogP contribution in [0.2, 0.25) is 5.02 Å². The van der Waals surface area contributed by atoms with Crippen molar-refractivity contribution >= 4 is 35.2 Å². The van der Waals surface area contributed by atoms with Gasteiger partial charge in [-0.05, 0) is 24.3 Å². The number of carbonyl (C=O) groups is 3. The van der Waals surface area contributed by atoms with Gasteiger partial charge in [0.2, 0.25) is 0 Å². The first-order valence-electron chi connectivity index (χ1n) is 5.08. The van der Waals surface area contributed by atoms with Crippen LogP contribution in [0.5, 0.6) is 0 Å². The highest BCUT2D eigenvalue weighted by Gasteiger charge is 2.37. The molecule has 0 aliphatic carbocycles. The maximum Gasteiger partial charge on any atom is 0.332 e. The van der Waals surface area contributed by atoms with E-state index in [9.17, 15) is 14.4 Å². The van der Waals surface area contributed by atoms with E-state index < -0.39 is 24.5 Å². The third kappa shape index (κ3) is 2.28. The van der Waals surface area contributed by atoms with E-state index >= 15 is 0 Å². The zero-order valence-electron chi connectivity index (χ0n) is 9.17. The van der Waals surface area contributed by atoms with Crippen LogP contribution in [0, 0.1) is 0 Å². The molecule has 1 N–H and O–H groups in total. The average Bonchev–Trinajstić information content (AvgIpc) is 2.55. The first kappa shape index (κ1) is 12.4. The van der Waals surface area contributed by atoms with E-state index in [1.54, 1.807) is 12.1 Å². The Bertz CT molecular complexity index is 514. The maximum absolute atomic E-state index is 11.9. The molecule has 1 aromatic carbocycles. The lowest BCUT2D eigenvalue weighted by Gasteiger charge is -2.15. The number of rotatable bonds is 3. The second-order valence-electron chi connectivity index (χ2n) is 3.74. The number of carboxylic acid groups (broad SMARTS) is 1. The molecule has 1 aromatic rings. The second kappa shape index (κ2) is 4.66. The summed E-state index contributed by atoms with van der Waals surface area (Å²) in [4.78, 5) is 36.0. The molecule has 0 unspecified atom stereocenters. The largest absolute Gasteiger partial charge is 0.480 e. The summed E-state index contributed by atoms with van der Waals surface area (Å²) in [5.41, 5.74) is 0.377. The minimum Gasteiger partial charge on any atom is -0.480 e. The van der Waals surface area contributed by atoms with Gasteiger partial charge in [-0.3, -0.25) is 9.59 Å². The fraction of sp³-hybridized carbons (Fsp3) is 0.182. The molecule has 1 fully saturated rings. The highest BCUT2D eigenvalue weighted by molar-refractivity contribution is 6.30. The summed E-state index contributed by atoms with van der Waals surface area (Å²) in [5, 5.41) is 9.12. The van der Waals surface area contributed by atoms with E-state index in [1.165, 1.54) is 12.1 Å². The SMILES string of the molecule is O=C(O)CN1CC(=O)N(c2ccc(Cl)cc2)C1=O. The number of carbonyl (C=O) groups excluding carboxylic acids is 2. The summed E-state index contributed by atoms with van der Waals surface area (Å²) in [6.07, 6.45) is 0. The zero-order valence-corrected chi connectivity index (χ0v) is 9.92. The summed E-state index contributed by atoms with van der Waals surface area (Å²) in [5.74, 6) is -1.61. The molecule has 7 heteroatoms. The summed E-state index contributed by atoms with van der Waals surface area (Å²) in [7, 11) is 0. The third-order valence-electron chi connectivity index (χ3n) is 2.45. The Morgan fingerprint density at radius 3 is 2.44 bits per heavy atom. The van der Waals surface area contributed by atoms with Crippen LogP contribution < -0.4 is 4.90 Å². The molecule has 6 nitrogen and oxygen atoms in total. The number of imide groups is 1. The first-order valence-corrected chi connectivity index (χ1v) is 5.46. The molecule has 94 valence electrons. The van der Waals surface area contributed by atoms with E-state index in [-0.39, 0.29) is 6.54 Å². The lowest BCUT2D eigenvalue weighted by atomic mass is 10.3. The fourth-order valence-electron chi connectivity index (χ4n) is 1.68. The standard InChI is InChI=1S/C11H9ClN2O4/c12-7-1-3-8(4-2-7)14-9(15)5-13(11(14)18)6-10(16)17/h1-4H,5-6H2,(H,16,17). The number of urea groups is 1. The Morgan fingerprint density at radius 2 is 1.89 bits per heavy atom. The molecule has 0 aromatic heterocycles. The number of aliphatic carboxylic acids is 1. The van der Waals surface area contributed by atoms with Crippen LogP contribution in [0.25, 0.3) is 0 Å². The van der Waals surface area contributed by atoms with Crippen molar-refractivity contribution in [1.29, 1.82) is 0 Å². The molecule has 0 saturated carbocycles. The van der Waals surface area contributed by atoms with Gasteiger partial charge in [0.15, 0.2) is 0 Å². The lowest BCUT2D eigenvalue weighted by molar-refractivity contribution is -0.137. The number of nitrogens with zero attached hydrogens (tertiary/aromatic N) is 2. The van der Waals surface area contributed by atoms with Gasteiger partial charge in [-0.15, -0.1) is 0 Å². The summed E-state index contributed by atoms with van der Waals surface area (Å²) in [6.45, 7) is -0.720. The molecular formula is C11H9ClN2O4. The number of amides is 3. The van der Waals surface area contributed by atoms with Gasteiger partial charge in [-0.2, -0.15) is 0 Å². The Labute approximate surface area is 107 Å². The Morgan fingerprint density at radius 1 is 1.28 bits per heavy atom. The van der Waals surface area contributed by atoms with Crippen molar-refractivity contribution in [3.05, 3.63) is 29.3 Å². The van der Waals surface area contributed by atoms with Crippen LogP contribution in [0.3, 0.4) is 0 Å². The van der Waals surface area contributed by atoms with Crippen molar-refractivity contribution in [2.75, 3.05) is 18.0 Å². The minimum atomic E-state index is -1.16. The number of hydrogen-bond donors (Lipinski definition) is 1. The van der Waals surface area contributed by atoms with E-state index in [0.717, 1.165) is 9.80 Å². The Hall–Kier alpha value is -2.08. The molecule has 1 saturated heterocycles. The highest BCUT2D eigenvalue weighted by atomic mass is 35.5. The molecule has 0 atom stereocenters. The first-order chi connectivity index (χ1) is 8.49. The van der Waals surface area contributed by atoms with E-state index in [4.69, 9.17) is 16.7 Å². The summed E-state index contributed by atoms with van der Waals surface area (Å²) >= 11 is 5.71. The van der Waals surface area contributed by atoms with Crippen molar-refractivity contribution in [1.82, 2.24) is 4.90 Å². The van der Waals surface area contributed by atoms with Gasteiger partial charge in [0.05, 0.1) is 5.69 Å². The van der Waals surface area contributed by atoms with Crippen LogP contribution in [0.15, 0.2) is 24.3 Å². The predicted molar refractivity (Wildman–Crippen MR) is 63.5 cm³/mol. The second-order valence-corrected chi connectivity index (χ2v) is 4.17. The topological polar surface area (TPSA) is 77.9 Å². The van der Waals surface area contributed by atoms with Crippen molar-refractivity contribution in [2.45, 2.75) is 0 Å². The van der Waals surface area contributed by atoms with Crippen molar-refractivity contribution in [3.63, 3.8) is 0 Å². The highest BCUT2D eigenvalue weighted by Crippen LogP contribution is 2.22. The van der Waals surface area contributed by atoms with Crippen molar-refractivity contribution < 1.29 is 19.5 Å². The average molecular weight is 269 g/mol. The Balaban J connectivity index is 2.24. The summed E-state index contributed by atoms with van der Waals surface area (Å²) < 4.78 is 0. The smallest absolute Gasteiger partial charge is 0.332 e. The van der Waals surface area contributed by atoms with Crippen LogP contribution >= 0.6 is 11.6 Å². The maximum atomic E-state index is 11.9. The van der Waals surface area contributed by atoms with Crippen LogP contribution in [-0.2, 0) is 9.59 Å². The normalized spacial score (nSPS) is 15.4. The molecule has 0 bridgehead atoms. The van der Waals surface area contributed by atoms with Gasteiger partial charge >= 0.3 is 12.0 Å². The summed E-state index contributed by atoms with van der Waals surface area (Å²) in [6, 6.07) is 5.53. The van der Waals surface area contributed by atoms with Crippen molar-refractivity contribution in [2.24, 2.45) is 0 Å². The van der Waals surface area contributed by atoms with Gasteiger partial charge in [0.25, 0.3) is 5.91 Å². The van der Waals surface area contributed by atoms with E-state index in [1.807, 2.05) is 0 Å². The minimum absolute atomic E-state index is 0.228. The Kier molecular flexibility index (Phi) is 3.20. The quantitative estimate of drug-likeness (QED) is 0.836. The number of halogens is 1. The van der Waals surface area contributed by atoms with E-state index in [2.05, 4.69) is 0 Å². The molecule has 1 aliphatic rings. The van der Waals surface area contributed by atoms with Gasteiger partial charge in [0.1, 0.15) is 13.1 Å². The van der Waals surface area contributed by atoms with Crippen LogP contribution in [0.1, 0.15) is 0 Å². The van der Waals surface area contributed by atoms with Crippen LogP contribution in [-0.4, -0.2) is 41.0 Å². The number of benzene rings is 1. The molecule has 1 heterocycles.